The predicted molar refractivity (Wildman–Crippen MR) is 117 cm³/mol. The zero-order chi connectivity index (χ0) is 20.4. The molecule has 150 valence electrons. The number of hydrogen-bond acceptors (Lipinski definition) is 2. The third-order valence-corrected chi connectivity index (χ3v) is 4.90. The molecule has 1 atom stereocenters. The molecule has 0 saturated heterocycles. The highest BCUT2D eigenvalue weighted by Gasteiger charge is 2.08. The average molecular weight is 401 g/mol. The van der Waals surface area contributed by atoms with Gasteiger partial charge in [-0.1, -0.05) is 48.9 Å². The second-order valence-electron chi connectivity index (χ2n) is 6.67. The minimum Gasteiger partial charge on any atom is -0.356 e. The summed E-state index contributed by atoms with van der Waals surface area (Å²) < 4.78 is 0. The summed E-state index contributed by atoms with van der Waals surface area (Å²) in [6, 6.07) is 15.6. The number of nitrogens with zero attached hydrogens (tertiary/aromatic N) is 1. The number of rotatable bonds is 8. The topological polar surface area (TPSA) is 65.5 Å². The van der Waals surface area contributed by atoms with Gasteiger partial charge < -0.3 is 16.0 Å². The zero-order valence-electron chi connectivity index (χ0n) is 16.8. The third-order valence-electron chi connectivity index (χ3n) is 4.53. The maximum Gasteiger partial charge on any atom is 0.251 e. The highest BCUT2D eigenvalue weighted by molar-refractivity contribution is 6.31. The minimum absolute atomic E-state index is 0.0362. The lowest BCUT2D eigenvalue weighted by Crippen LogP contribution is -2.37. The van der Waals surface area contributed by atoms with Crippen molar-refractivity contribution in [2.24, 2.45) is 4.99 Å². The van der Waals surface area contributed by atoms with Crippen LogP contribution in [0.15, 0.2) is 53.5 Å². The third kappa shape index (κ3) is 6.89. The van der Waals surface area contributed by atoms with E-state index in [-0.39, 0.29) is 11.9 Å². The van der Waals surface area contributed by atoms with Crippen LogP contribution in [0, 0.1) is 0 Å². The Balaban J connectivity index is 1.79. The Morgan fingerprint density at radius 2 is 1.82 bits per heavy atom. The summed E-state index contributed by atoms with van der Waals surface area (Å²) in [4.78, 5) is 16.4. The van der Waals surface area contributed by atoms with Gasteiger partial charge in [0.2, 0.25) is 0 Å². The fourth-order valence-corrected chi connectivity index (χ4v) is 2.84. The van der Waals surface area contributed by atoms with Crippen LogP contribution in [0.2, 0.25) is 5.02 Å². The van der Waals surface area contributed by atoms with Crippen LogP contribution in [0.5, 0.6) is 0 Å². The first-order valence-corrected chi connectivity index (χ1v) is 9.99. The van der Waals surface area contributed by atoms with Crippen molar-refractivity contribution in [3.63, 3.8) is 0 Å². The van der Waals surface area contributed by atoms with Crippen molar-refractivity contribution < 1.29 is 4.79 Å². The number of benzene rings is 2. The molecule has 0 fully saturated rings. The van der Waals surface area contributed by atoms with Crippen molar-refractivity contribution in [2.45, 2.75) is 39.3 Å². The summed E-state index contributed by atoms with van der Waals surface area (Å²) >= 11 is 6.18. The first kappa shape index (κ1) is 21.8. The standard InChI is InChI=1S/C22H29ClN4O/c1-4-16(2)27-21(28)19-11-9-17(10-12-19)15-26-22(24-3)25-14-13-18-7-5-6-8-20(18)23/h5-12,16H,4,13-15H2,1-3H3,(H,27,28)(H2,24,25,26). The van der Waals surface area contributed by atoms with Crippen LogP contribution in [0.3, 0.4) is 0 Å². The summed E-state index contributed by atoms with van der Waals surface area (Å²) in [6.07, 6.45) is 1.73. The van der Waals surface area contributed by atoms with Gasteiger partial charge >= 0.3 is 0 Å². The predicted octanol–water partition coefficient (Wildman–Crippen LogP) is 3.78. The van der Waals surface area contributed by atoms with E-state index in [9.17, 15) is 4.79 Å². The van der Waals surface area contributed by atoms with Gasteiger partial charge in [-0.25, -0.2) is 0 Å². The van der Waals surface area contributed by atoms with Crippen molar-refractivity contribution >= 4 is 23.5 Å². The van der Waals surface area contributed by atoms with Gasteiger partial charge in [-0.15, -0.1) is 0 Å². The van der Waals surface area contributed by atoms with E-state index in [1.807, 2.05) is 55.5 Å². The molecule has 2 aromatic carbocycles. The molecule has 3 N–H and O–H groups in total. The van der Waals surface area contributed by atoms with Crippen LogP contribution < -0.4 is 16.0 Å². The minimum atomic E-state index is -0.0362. The van der Waals surface area contributed by atoms with Crippen LogP contribution in [0.1, 0.15) is 41.8 Å². The fourth-order valence-electron chi connectivity index (χ4n) is 2.61. The molecule has 0 aliphatic carbocycles. The summed E-state index contributed by atoms with van der Waals surface area (Å²) in [7, 11) is 1.74. The first-order chi connectivity index (χ1) is 13.5. The van der Waals surface area contributed by atoms with Crippen molar-refractivity contribution in [1.82, 2.24) is 16.0 Å². The molecule has 6 heteroatoms. The van der Waals surface area contributed by atoms with Crippen LogP contribution in [-0.4, -0.2) is 31.5 Å². The number of guanidine groups is 1. The van der Waals surface area contributed by atoms with Gasteiger partial charge in [0.05, 0.1) is 0 Å². The lowest BCUT2D eigenvalue weighted by molar-refractivity contribution is 0.0939. The van der Waals surface area contributed by atoms with E-state index in [1.165, 1.54) is 0 Å². The normalized spacial score (nSPS) is 12.4. The van der Waals surface area contributed by atoms with E-state index in [4.69, 9.17) is 11.6 Å². The van der Waals surface area contributed by atoms with E-state index >= 15 is 0 Å². The van der Waals surface area contributed by atoms with E-state index in [0.29, 0.717) is 12.1 Å². The van der Waals surface area contributed by atoms with Crippen LogP contribution in [-0.2, 0) is 13.0 Å². The highest BCUT2D eigenvalue weighted by atomic mass is 35.5. The smallest absolute Gasteiger partial charge is 0.251 e. The molecule has 0 aliphatic rings. The van der Waals surface area contributed by atoms with Crippen molar-refractivity contribution in [2.75, 3.05) is 13.6 Å². The number of aliphatic imine (C=N–C) groups is 1. The largest absolute Gasteiger partial charge is 0.356 e. The maximum absolute atomic E-state index is 12.1. The lowest BCUT2D eigenvalue weighted by atomic mass is 10.1. The van der Waals surface area contributed by atoms with E-state index in [1.54, 1.807) is 7.05 Å². The molecule has 2 rings (SSSR count). The number of carbonyl (C=O) groups excluding carboxylic acids is 1. The average Bonchev–Trinajstić information content (AvgIpc) is 2.72. The molecule has 0 heterocycles. The van der Waals surface area contributed by atoms with Gasteiger partial charge in [-0.3, -0.25) is 9.79 Å². The van der Waals surface area contributed by atoms with Crippen molar-refractivity contribution in [3.05, 3.63) is 70.2 Å². The van der Waals surface area contributed by atoms with Crippen LogP contribution in [0.25, 0.3) is 0 Å². The molecular weight excluding hydrogens is 372 g/mol. The Kier molecular flexibility index (Phi) is 8.82. The van der Waals surface area contributed by atoms with E-state index in [2.05, 4.69) is 27.9 Å². The molecule has 5 nitrogen and oxygen atoms in total. The van der Waals surface area contributed by atoms with Gasteiger partial charge in [0, 0.05) is 36.8 Å². The molecule has 0 spiro atoms. The molecular formula is C22H29ClN4O. The molecule has 0 saturated carbocycles. The second kappa shape index (κ2) is 11.3. The monoisotopic (exact) mass is 400 g/mol. The van der Waals surface area contributed by atoms with Gasteiger partial charge in [0.1, 0.15) is 0 Å². The molecule has 2 aromatic rings. The molecule has 0 aromatic heterocycles. The summed E-state index contributed by atoms with van der Waals surface area (Å²) in [5.74, 6) is 0.691. The number of amides is 1. The van der Waals surface area contributed by atoms with Crippen LogP contribution in [0.4, 0.5) is 0 Å². The van der Waals surface area contributed by atoms with E-state index < -0.39 is 0 Å². The number of carbonyl (C=O) groups is 1. The zero-order valence-corrected chi connectivity index (χ0v) is 17.5. The molecule has 0 bridgehead atoms. The van der Waals surface area contributed by atoms with Gasteiger partial charge in [0.15, 0.2) is 5.96 Å². The molecule has 1 unspecified atom stereocenters. The lowest BCUT2D eigenvalue weighted by Gasteiger charge is -2.13. The Morgan fingerprint density at radius 3 is 2.46 bits per heavy atom. The summed E-state index contributed by atoms with van der Waals surface area (Å²) in [5, 5.41) is 10.3. The Bertz CT molecular complexity index is 789. The van der Waals surface area contributed by atoms with Gasteiger partial charge in [0.25, 0.3) is 5.91 Å². The first-order valence-electron chi connectivity index (χ1n) is 9.61. The van der Waals surface area contributed by atoms with Gasteiger partial charge in [-0.2, -0.15) is 0 Å². The maximum atomic E-state index is 12.1. The Hall–Kier alpha value is -2.53. The highest BCUT2D eigenvalue weighted by Crippen LogP contribution is 2.14. The summed E-state index contributed by atoms with van der Waals surface area (Å²) in [5.41, 5.74) is 2.86. The molecule has 0 aliphatic heterocycles. The number of halogens is 1. The molecule has 0 radical (unpaired) electrons. The van der Waals surface area contributed by atoms with E-state index in [0.717, 1.165) is 41.5 Å². The van der Waals surface area contributed by atoms with Crippen molar-refractivity contribution in [1.29, 1.82) is 0 Å². The fraction of sp³-hybridized carbons (Fsp3) is 0.364. The van der Waals surface area contributed by atoms with Gasteiger partial charge in [-0.05, 0) is 49.1 Å². The van der Waals surface area contributed by atoms with Crippen LogP contribution >= 0.6 is 11.6 Å². The van der Waals surface area contributed by atoms with Crippen molar-refractivity contribution in [3.8, 4) is 0 Å². The quantitative estimate of drug-likeness (QED) is 0.466. The second-order valence-corrected chi connectivity index (χ2v) is 7.08. The molecule has 1 amide bonds. The Morgan fingerprint density at radius 1 is 1.11 bits per heavy atom. The number of nitrogens with one attached hydrogen (secondary N) is 3. The molecule has 28 heavy (non-hydrogen) atoms. The Labute approximate surface area is 172 Å². The summed E-state index contributed by atoms with van der Waals surface area (Å²) in [6.45, 7) is 5.41. The SMILES string of the molecule is CCC(C)NC(=O)c1ccc(CNC(=NC)NCCc2ccccc2Cl)cc1. The number of hydrogen-bond donors (Lipinski definition) is 3.